The van der Waals surface area contributed by atoms with Gasteiger partial charge >= 0.3 is 0 Å². The summed E-state index contributed by atoms with van der Waals surface area (Å²) in [5.74, 6) is -0.521. The lowest BCUT2D eigenvalue weighted by Gasteiger charge is -2.23. The molecule has 5 rings (SSSR count). The van der Waals surface area contributed by atoms with Crippen LogP contribution in [0.4, 0.5) is 5.95 Å². The largest absolute Gasteiger partial charge is 0.294 e. The second-order valence-electron chi connectivity index (χ2n) is 8.38. The van der Waals surface area contributed by atoms with Crippen LogP contribution < -0.4 is 5.32 Å². The van der Waals surface area contributed by atoms with E-state index in [1.165, 1.54) is 6.20 Å². The number of nitrogens with one attached hydrogen (secondary N) is 1. The number of nitrogens with zero attached hydrogens (tertiary/aromatic N) is 2. The van der Waals surface area contributed by atoms with Crippen molar-refractivity contribution in [2.45, 2.75) is 24.7 Å². The standard InChI is InChI=1S/C28H22ClN3O2/c29-22-13-11-18(12-14-22)21-15-24-23(25(33)16-21)17-30-28(31-24)32-27(34)26(19-7-3-1-4-8-19)20-9-5-2-6-10-20/h1-14,17,21,26H,15-16H2,(H,30,31,32,34)/t21-/m0/s1. The van der Waals surface area contributed by atoms with Crippen molar-refractivity contribution in [3.63, 3.8) is 0 Å². The van der Waals surface area contributed by atoms with Gasteiger partial charge in [0.2, 0.25) is 11.9 Å². The lowest BCUT2D eigenvalue weighted by Crippen LogP contribution is -2.25. The van der Waals surface area contributed by atoms with E-state index in [1.54, 1.807) is 0 Å². The molecule has 1 aliphatic rings. The molecule has 0 radical (unpaired) electrons. The fourth-order valence-corrected chi connectivity index (χ4v) is 4.57. The van der Waals surface area contributed by atoms with Crippen molar-refractivity contribution in [3.05, 3.63) is 124 Å². The Balaban J connectivity index is 1.42. The van der Waals surface area contributed by atoms with Crippen LogP contribution in [0.25, 0.3) is 0 Å². The molecule has 0 aliphatic heterocycles. The van der Waals surface area contributed by atoms with E-state index < -0.39 is 5.92 Å². The van der Waals surface area contributed by atoms with E-state index in [0.717, 1.165) is 16.7 Å². The number of halogens is 1. The van der Waals surface area contributed by atoms with Gasteiger partial charge in [-0.25, -0.2) is 9.97 Å². The molecule has 1 aliphatic carbocycles. The van der Waals surface area contributed by atoms with E-state index in [9.17, 15) is 9.59 Å². The number of carbonyl (C=O) groups excluding carboxylic acids is 2. The number of Topliss-reactive ketones (excluding diaryl/α,β-unsaturated/α-hetero) is 1. The maximum absolute atomic E-state index is 13.4. The number of hydrogen-bond acceptors (Lipinski definition) is 4. The molecule has 1 heterocycles. The molecule has 168 valence electrons. The van der Waals surface area contributed by atoms with E-state index in [0.29, 0.717) is 29.1 Å². The monoisotopic (exact) mass is 467 g/mol. The van der Waals surface area contributed by atoms with Gasteiger partial charge in [0.05, 0.1) is 17.2 Å². The molecule has 1 aromatic heterocycles. The van der Waals surface area contributed by atoms with Crippen molar-refractivity contribution >= 4 is 29.2 Å². The number of anilines is 1. The topological polar surface area (TPSA) is 72.0 Å². The van der Waals surface area contributed by atoms with Gasteiger partial charge in [-0.05, 0) is 41.2 Å². The molecule has 4 aromatic rings. The third-order valence-electron chi connectivity index (χ3n) is 6.14. The minimum absolute atomic E-state index is 0.00511. The lowest BCUT2D eigenvalue weighted by molar-refractivity contribution is -0.116. The van der Waals surface area contributed by atoms with E-state index in [2.05, 4.69) is 15.3 Å². The average Bonchev–Trinajstić information content (AvgIpc) is 2.86. The van der Waals surface area contributed by atoms with Gasteiger partial charge < -0.3 is 0 Å². The van der Waals surface area contributed by atoms with Gasteiger partial charge in [0.1, 0.15) is 0 Å². The molecule has 34 heavy (non-hydrogen) atoms. The van der Waals surface area contributed by atoms with Gasteiger partial charge in [-0.15, -0.1) is 0 Å². The van der Waals surface area contributed by atoms with Crippen molar-refractivity contribution in [1.82, 2.24) is 9.97 Å². The Morgan fingerprint density at radius 3 is 2.12 bits per heavy atom. The molecule has 1 amide bonds. The molecule has 3 aromatic carbocycles. The summed E-state index contributed by atoms with van der Waals surface area (Å²) in [6.07, 6.45) is 2.51. The molecule has 5 nitrogen and oxygen atoms in total. The summed E-state index contributed by atoms with van der Waals surface area (Å²) < 4.78 is 0. The molecule has 0 fully saturated rings. The van der Waals surface area contributed by atoms with Crippen LogP contribution in [0.2, 0.25) is 5.02 Å². The highest BCUT2D eigenvalue weighted by atomic mass is 35.5. The first kappa shape index (κ1) is 22.0. The average molecular weight is 468 g/mol. The Morgan fingerprint density at radius 1 is 0.882 bits per heavy atom. The molecule has 1 atom stereocenters. The number of ketones is 1. The second-order valence-corrected chi connectivity index (χ2v) is 8.81. The molecule has 0 unspecified atom stereocenters. The summed E-state index contributed by atoms with van der Waals surface area (Å²) in [5, 5.41) is 3.53. The Morgan fingerprint density at radius 2 is 1.50 bits per heavy atom. The fraction of sp³-hybridized carbons (Fsp3) is 0.143. The van der Waals surface area contributed by atoms with Crippen LogP contribution in [0.5, 0.6) is 0 Å². The van der Waals surface area contributed by atoms with Crippen LogP contribution in [0, 0.1) is 0 Å². The zero-order valence-corrected chi connectivity index (χ0v) is 19.1. The van der Waals surface area contributed by atoms with Crippen molar-refractivity contribution in [3.8, 4) is 0 Å². The second kappa shape index (κ2) is 9.57. The maximum Gasteiger partial charge on any atom is 0.238 e. The SMILES string of the molecule is O=C1C[C@@H](c2ccc(Cl)cc2)Cc2nc(NC(=O)C(c3ccccc3)c3ccccc3)ncc21. The van der Waals surface area contributed by atoms with Crippen molar-refractivity contribution < 1.29 is 9.59 Å². The van der Waals surface area contributed by atoms with Crippen LogP contribution in [-0.4, -0.2) is 21.7 Å². The number of rotatable bonds is 5. The van der Waals surface area contributed by atoms with Gasteiger partial charge in [0, 0.05) is 17.6 Å². The summed E-state index contributed by atoms with van der Waals surface area (Å²) in [4.78, 5) is 35.0. The molecule has 6 heteroatoms. The minimum Gasteiger partial charge on any atom is -0.294 e. The summed E-state index contributed by atoms with van der Waals surface area (Å²) in [6, 6.07) is 26.8. The first-order chi connectivity index (χ1) is 16.6. The Labute approximate surface area is 202 Å². The number of amides is 1. The van der Waals surface area contributed by atoms with E-state index >= 15 is 0 Å². The third kappa shape index (κ3) is 4.61. The van der Waals surface area contributed by atoms with Gasteiger partial charge in [0.15, 0.2) is 5.78 Å². The van der Waals surface area contributed by atoms with Crippen molar-refractivity contribution in [2.75, 3.05) is 5.32 Å². The Hall–Kier alpha value is -3.83. The number of aromatic nitrogens is 2. The summed E-state index contributed by atoms with van der Waals surface area (Å²) >= 11 is 6.02. The predicted molar refractivity (Wildman–Crippen MR) is 132 cm³/mol. The van der Waals surface area contributed by atoms with Gasteiger partial charge in [0.25, 0.3) is 0 Å². The molecule has 0 saturated heterocycles. The van der Waals surface area contributed by atoms with Gasteiger partial charge in [-0.2, -0.15) is 0 Å². The number of fused-ring (bicyclic) bond motifs is 1. The van der Waals surface area contributed by atoms with E-state index in [-0.39, 0.29) is 23.6 Å². The van der Waals surface area contributed by atoms with Crippen LogP contribution in [0.3, 0.4) is 0 Å². The fourth-order valence-electron chi connectivity index (χ4n) is 4.44. The maximum atomic E-state index is 13.4. The summed E-state index contributed by atoms with van der Waals surface area (Å²) in [5.41, 5.74) is 3.97. The minimum atomic E-state index is -0.509. The first-order valence-electron chi connectivity index (χ1n) is 11.1. The van der Waals surface area contributed by atoms with Crippen molar-refractivity contribution in [2.24, 2.45) is 0 Å². The van der Waals surface area contributed by atoms with Crippen LogP contribution >= 0.6 is 11.6 Å². The molecule has 0 bridgehead atoms. The first-order valence-corrected chi connectivity index (χ1v) is 11.5. The highest BCUT2D eigenvalue weighted by Gasteiger charge is 2.29. The molecular formula is C28H22ClN3O2. The highest BCUT2D eigenvalue weighted by Crippen LogP contribution is 2.33. The lowest BCUT2D eigenvalue weighted by atomic mass is 9.82. The van der Waals surface area contributed by atoms with E-state index in [4.69, 9.17) is 11.6 Å². The zero-order chi connectivity index (χ0) is 23.5. The van der Waals surface area contributed by atoms with Crippen molar-refractivity contribution in [1.29, 1.82) is 0 Å². The molecular weight excluding hydrogens is 446 g/mol. The Kier molecular flexibility index (Phi) is 6.19. The van der Waals surface area contributed by atoms with Gasteiger partial charge in [-0.1, -0.05) is 84.4 Å². The van der Waals surface area contributed by atoms with Crippen LogP contribution in [-0.2, 0) is 11.2 Å². The normalized spacial score (nSPS) is 15.1. The molecule has 1 N–H and O–H groups in total. The summed E-state index contributed by atoms with van der Waals surface area (Å²) in [6.45, 7) is 0. The number of hydrogen-bond donors (Lipinski definition) is 1. The quantitative estimate of drug-likeness (QED) is 0.402. The molecule has 0 spiro atoms. The third-order valence-corrected chi connectivity index (χ3v) is 6.40. The number of carbonyl (C=O) groups is 2. The predicted octanol–water partition coefficient (Wildman–Crippen LogP) is 5.81. The zero-order valence-electron chi connectivity index (χ0n) is 18.3. The van der Waals surface area contributed by atoms with Crippen LogP contribution in [0.15, 0.2) is 91.1 Å². The van der Waals surface area contributed by atoms with E-state index in [1.807, 2.05) is 84.9 Å². The summed E-state index contributed by atoms with van der Waals surface area (Å²) in [7, 11) is 0. The van der Waals surface area contributed by atoms with Crippen LogP contribution in [0.1, 0.15) is 51.0 Å². The Bertz CT molecular complexity index is 1290. The number of benzene rings is 3. The highest BCUT2D eigenvalue weighted by molar-refractivity contribution is 6.30. The molecule has 0 saturated carbocycles. The van der Waals surface area contributed by atoms with Gasteiger partial charge in [-0.3, -0.25) is 14.9 Å². The smallest absolute Gasteiger partial charge is 0.238 e.